The van der Waals surface area contributed by atoms with Crippen LogP contribution >= 0.6 is 11.6 Å². The fourth-order valence-electron chi connectivity index (χ4n) is 4.68. The van der Waals surface area contributed by atoms with E-state index in [1.807, 2.05) is 48.5 Å². The first-order valence-corrected chi connectivity index (χ1v) is 15.7. The second-order valence-corrected chi connectivity index (χ2v) is 10.7. The number of hydrogen-bond donors (Lipinski definition) is 0. The molecule has 0 fully saturated rings. The molecule has 228 valence electrons. The summed E-state index contributed by atoms with van der Waals surface area (Å²) in [4.78, 5) is 12.3. The van der Waals surface area contributed by atoms with Crippen molar-refractivity contribution < 1.29 is 33.2 Å². The van der Waals surface area contributed by atoms with Gasteiger partial charge in [-0.25, -0.2) is 0 Å². The molecule has 2 aromatic carbocycles. The van der Waals surface area contributed by atoms with Crippen molar-refractivity contribution in [2.24, 2.45) is 0 Å². The molecule has 0 bridgehead atoms. The van der Waals surface area contributed by atoms with Crippen molar-refractivity contribution in [3.63, 3.8) is 0 Å². The Balaban J connectivity index is 1.58. The van der Waals surface area contributed by atoms with E-state index in [0.717, 1.165) is 19.3 Å². The van der Waals surface area contributed by atoms with Gasteiger partial charge in [0.25, 0.3) is 5.24 Å². The highest BCUT2D eigenvalue weighted by molar-refractivity contribution is 6.64. The lowest BCUT2D eigenvalue weighted by Gasteiger charge is -2.24. The zero-order chi connectivity index (χ0) is 29.0. The number of para-hydroxylation sites is 4. The quantitative estimate of drug-likeness (QED) is 0.164. The van der Waals surface area contributed by atoms with E-state index < -0.39 is 17.5 Å². The van der Waals surface area contributed by atoms with Crippen molar-refractivity contribution in [2.45, 2.75) is 89.8 Å². The van der Waals surface area contributed by atoms with Gasteiger partial charge in [0.05, 0.1) is 13.2 Å². The number of rotatable bonds is 14. The predicted molar refractivity (Wildman–Crippen MR) is 162 cm³/mol. The van der Waals surface area contributed by atoms with Crippen LogP contribution < -0.4 is 18.9 Å². The highest BCUT2D eigenvalue weighted by atomic mass is 35.5. The third kappa shape index (κ3) is 13.4. The number of fused-ring (bicyclic) bond motifs is 2. The predicted octanol–water partition coefficient (Wildman–Crippen LogP) is 7.76. The fraction of sp³-hybridized carbons (Fsp3) is 0.606. The van der Waals surface area contributed by atoms with Crippen LogP contribution in [-0.2, 0) is 14.3 Å². The average molecular weight is 591 g/mol. The van der Waals surface area contributed by atoms with Gasteiger partial charge < -0.3 is 28.4 Å². The third-order valence-electron chi connectivity index (χ3n) is 6.95. The van der Waals surface area contributed by atoms with E-state index in [0.29, 0.717) is 55.8 Å². The minimum atomic E-state index is -0.733. The summed E-state index contributed by atoms with van der Waals surface area (Å²) in [6.45, 7) is 4.13. The van der Waals surface area contributed by atoms with Crippen molar-refractivity contribution in [1.82, 2.24) is 0 Å². The maximum absolute atomic E-state index is 12.3. The molecule has 2 aromatic rings. The smallest absolute Gasteiger partial charge is 0.250 e. The molecule has 1 unspecified atom stereocenters. The summed E-state index contributed by atoms with van der Waals surface area (Å²) >= 11 is 6.00. The van der Waals surface area contributed by atoms with Gasteiger partial charge in [-0.05, 0) is 42.3 Å². The van der Waals surface area contributed by atoms with Crippen molar-refractivity contribution in [3.05, 3.63) is 48.5 Å². The Hall–Kier alpha value is -2.48. The molecule has 0 aliphatic carbocycles. The van der Waals surface area contributed by atoms with Crippen LogP contribution in [0.5, 0.6) is 23.0 Å². The monoisotopic (exact) mass is 590 g/mol. The molecular formula is C33H47ClO7. The summed E-state index contributed by atoms with van der Waals surface area (Å²) in [5, 5.41) is -0.500. The molecule has 41 heavy (non-hydrogen) atoms. The lowest BCUT2D eigenvalue weighted by molar-refractivity contribution is -0.130. The molecule has 0 saturated carbocycles. The van der Waals surface area contributed by atoms with Gasteiger partial charge in [-0.2, -0.15) is 0 Å². The molecule has 8 heteroatoms. The first-order valence-electron chi connectivity index (χ1n) is 15.3. The minimum absolute atomic E-state index is 0.151. The normalized spacial score (nSPS) is 15.8. The number of ether oxygens (including phenoxy) is 6. The third-order valence-corrected chi connectivity index (χ3v) is 7.19. The van der Waals surface area contributed by atoms with Crippen LogP contribution in [0.25, 0.3) is 0 Å². The van der Waals surface area contributed by atoms with Crippen LogP contribution in [0.3, 0.4) is 0 Å². The Labute approximate surface area is 250 Å². The van der Waals surface area contributed by atoms with E-state index in [4.69, 9.17) is 40.0 Å². The van der Waals surface area contributed by atoms with Crippen molar-refractivity contribution in [1.29, 1.82) is 0 Å². The highest BCUT2D eigenvalue weighted by Gasteiger charge is 2.24. The summed E-state index contributed by atoms with van der Waals surface area (Å²) in [5.74, 6) is 2.39. The van der Waals surface area contributed by atoms with Crippen LogP contribution in [0, 0.1) is 0 Å². The lowest BCUT2D eigenvalue weighted by atomic mass is 10.0. The number of benzene rings is 2. The van der Waals surface area contributed by atoms with E-state index in [-0.39, 0.29) is 13.2 Å². The van der Waals surface area contributed by atoms with Gasteiger partial charge in [0, 0.05) is 0 Å². The zero-order valence-corrected chi connectivity index (χ0v) is 25.3. The van der Waals surface area contributed by atoms with Gasteiger partial charge in [0.15, 0.2) is 23.0 Å². The summed E-state index contributed by atoms with van der Waals surface area (Å²) < 4.78 is 35.9. The van der Waals surface area contributed by atoms with Crippen molar-refractivity contribution in [2.75, 3.05) is 39.6 Å². The Morgan fingerprint density at radius 1 is 0.707 bits per heavy atom. The van der Waals surface area contributed by atoms with E-state index in [1.54, 1.807) is 0 Å². The molecule has 7 nitrogen and oxygen atoms in total. The van der Waals surface area contributed by atoms with Crippen LogP contribution in [0.2, 0.25) is 0 Å². The first-order chi connectivity index (χ1) is 20.2. The summed E-state index contributed by atoms with van der Waals surface area (Å²) in [7, 11) is 0. The topological polar surface area (TPSA) is 72.5 Å². The largest absolute Gasteiger partial charge is 0.487 e. The van der Waals surface area contributed by atoms with Gasteiger partial charge in [0.2, 0.25) is 0 Å². The minimum Gasteiger partial charge on any atom is -0.487 e. The molecule has 1 atom stereocenters. The van der Waals surface area contributed by atoms with Crippen LogP contribution in [0.4, 0.5) is 0 Å². The Morgan fingerprint density at radius 2 is 1.15 bits per heavy atom. The van der Waals surface area contributed by atoms with Crippen LogP contribution in [-0.4, -0.2) is 57.1 Å². The number of carbonyl (C=O) groups excluding carboxylic acids is 1. The molecule has 0 aromatic heterocycles. The summed E-state index contributed by atoms with van der Waals surface area (Å²) in [6, 6.07) is 14.9. The molecule has 1 aliphatic heterocycles. The molecule has 3 rings (SSSR count). The van der Waals surface area contributed by atoms with Crippen LogP contribution in [0.15, 0.2) is 48.5 Å². The SMILES string of the molecule is CCCCCCCCCCCCC(OC1COc2ccccc2OCCOCCOc2ccccc2OC1)C(=O)Cl. The molecule has 1 heterocycles. The Bertz CT molecular complexity index is 930. The van der Waals surface area contributed by atoms with Crippen molar-refractivity contribution in [3.8, 4) is 23.0 Å². The maximum atomic E-state index is 12.3. The van der Waals surface area contributed by atoms with E-state index in [1.165, 1.54) is 44.9 Å². The molecule has 0 saturated heterocycles. The van der Waals surface area contributed by atoms with E-state index in [9.17, 15) is 4.79 Å². The number of hydrogen-bond acceptors (Lipinski definition) is 7. The van der Waals surface area contributed by atoms with Gasteiger partial charge in [-0.3, -0.25) is 4.79 Å². The van der Waals surface area contributed by atoms with Crippen molar-refractivity contribution >= 4 is 16.8 Å². The van der Waals surface area contributed by atoms with Gasteiger partial charge in [-0.15, -0.1) is 0 Å². The van der Waals surface area contributed by atoms with Gasteiger partial charge in [0.1, 0.15) is 38.6 Å². The average Bonchev–Trinajstić information content (AvgIpc) is 2.98. The number of halogens is 1. The number of carbonyl (C=O) groups is 1. The van der Waals surface area contributed by atoms with Gasteiger partial charge in [-0.1, -0.05) is 95.4 Å². The molecule has 1 aliphatic rings. The lowest BCUT2D eigenvalue weighted by Crippen LogP contribution is -2.35. The molecule has 0 N–H and O–H groups in total. The number of unbranched alkanes of at least 4 members (excludes halogenated alkanes) is 9. The molecule has 0 radical (unpaired) electrons. The molecular weight excluding hydrogens is 544 g/mol. The maximum Gasteiger partial charge on any atom is 0.250 e. The van der Waals surface area contributed by atoms with Gasteiger partial charge >= 0.3 is 0 Å². The molecule has 0 spiro atoms. The second-order valence-electron chi connectivity index (χ2n) is 10.3. The first kappa shape index (κ1) is 33.0. The van der Waals surface area contributed by atoms with E-state index in [2.05, 4.69) is 6.92 Å². The fourth-order valence-corrected chi connectivity index (χ4v) is 4.84. The Kier molecular flexibility index (Phi) is 16.4. The van der Waals surface area contributed by atoms with E-state index >= 15 is 0 Å². The summed E-state index contributed by atoms with van der Waals surface area (Å²) in [5.41, 5.74) is 0. The van der Waals surface area contributed by atoms with Crippen LogP contribution in [0.1, 0.15) is 77.6 Å². The highest BCUT2D eigenvalue weighted by Crippen LogP contribution is 2.29. The standard InChI is InChI=1S/C33H47ClO7/c1-2-3-4-5-6-7-8-9-10-11-20-32(33(34)35)41-27-25-39-30-18-14-12-16-28(30)37-23-21-36-22-24-38-29-17-13-15-19-31(29)40-26-27/h12-19,27,32H,2-11,20-26H2,1H3. The zero-order valence-electron chi connectivity index (χ0n) is 24.5. The second kappa shape index (κ2) is 20.4. The summed E-state index contributed by atoms with van der Waals surface area (Å²) in [6.07, 6.45) is 11.5. The Morgan fingerprint density at radius 3 is 1.61 bits per heavy atom. The molecule has 0 amide bonds.